The molecule has 0 amide bonds. The first-order chi connectivity index (χ1) is 24.6. The lowest BCUT2D eigenvalue weighted by molar-refractivity contribution is 1.18. The maximum atomic E-state index is 9.57. The van der Waals surface area contributed by atoms with E-state index in [-0.39, 0.29) is 0 Å². The van der Waals surface area contributed by atoms with Crippen LogP contribution in [0.1, 0.15) is 5.56 Å². The molecule has 9 rings (SSSR count). The molecule has 0 radical (unpaired) electrons. The number of para-hydroxylation sites is 2. The van der Waals surface area contributed by atoms with Gasteiger partial charge in [-0.25, -0.2) is 9.69 Å². The summed E-state index contributed by atoms with van der Waals surface area (Å²) >= 11 is 0. The van der Waals surface area contributed by atoms with Gasteiger partial charge in [-0.1, -0.05) is 91.0 Å². The number of fused-ring (bicyclic) bond motifs is 6. The van der Waals surface area contributed by atoms with Gasteiger partial charge in [-0.2, -0.15) is 5.26 Å². The first-order valence-electron chi connectivity index (χ1n) is 16.2. The van der Waals surface area contributed by atoms with Crippen molar-refractivity contribution in [3.05, 3.63) is 180 Å². The first kappa shape index (κ1) is 28.8. The molecule has 0 bridgehead atoms. The summed E-state index contributed by atoms with van der Waals surface area (Å²) in [5.74, 6) is 0. The molecule has 9 aromatic rings. The van der Waals surface area contributed by atoms with Gasteiger partial charge in [0.05, 0.1) is 41.3 Å². The number of benzene rings is 7. The highest BCUT2D eigenvalue weighted by Gasteiger charge is 2.17. The molecule has 0 aliphatic heterocycles. The Labute approximate surface area is 288 Å². The molecule has 0 aliphatic rings. The molecule has 0 atom stereocenters. The molecule has 0 spiro atoms. The molecule has 5 heteroatoms. The summed E-state index contributed by atoms with van der Waals surface area (Å²) < 4.78 is 4.44. The molecule has 2 heterocycles. The van der Waals surface area contributed by atoms with E-state index in [1.165, 1.54) is 10.8 Å². The van der Waals surface area contributed by atoms with Gasteiger partial charge in [-0.3, -0.25) is 0 Å². The highest BCUT2D eigenvalue weighted by Crippen LogP contribution is 2.39. The van der Waals surface area contributed by atoms with Crippen LogP contribution in [0.3, 0.4) is 0 Å². The van der Waals surface area contributed by atoms with Crippen molar-refractivity contribution in [2.24, 2.45) is 0 Å². The summed E-state index contributed by atoms with van der Waals surface area (Å²) in [5, 5.41) is 13.9. The van der Waals surface area contributed by atoms with Gasteiger partial charge >= 0.3 is 0 Å². The van der Waals surface area contributed by atoms with Crippen molar-refractivity contribution in [2.75, 3.05) is 0 Å². The van der Waals surface area contributed by atoms with Gasteiger partial charge in [-0.05, 0) is 77.4 Å². The summed E-state index contributed by atoms with van der Waals surface area (Å²) in [5.41, 5.74) is 12.1. The highest BCUT2D eigenvalue weighted by atomic mass is 15.0. The van der Waals surface area contributed by atoms with Crippen LogP contribution in [-0.4, -0.2) is 9.13 Å². The van der Waals surface area contributed by atoms with Crippen LogP contribution >= 0.6 is 0 Å². The van der Waals surface area contributed by atoms with E-state index in [0.717, 1.165) is 66.5 Å². The minimum Gasteiger partial charge on any atom is -0.311 e. The maximum absolute atomic E-state index is 9.57. The molecule has 7 aromatic carbocycles. The van der Waals surface area contributed by atoms with Crippen LogP contribution in [0.25, 0.3) is 86.9 Å². The van der Waals surface area contributed by atoms with Crippen LogP contribution in [0.15, 0.2) is 152 Å². The van der Waals surface area contributed by atoms with Crippen molar-refractivity contribution in [3.8, 4) is 39.7 Å². The molecule has 50 heavy (non-hydrogen) atoms. The number of hydrogen-bond donors (Lipinski definition) is 0. The molecular weight excluding hydrogens is 611 g/mol. The van der Waals surface area contributed by atoms with Gasteiger partial charge in [-0.15, -0.1) is 0 Å². The van der Waals surface area contributed by atoms with Gasteiger partial charge in [0, 0.05) is 44.0 Å². The predicted molar refractivity (Wildman–Crippen MR) is 203 cm³/mol. The average molecular weight is 636 g/mol. The Morgan fingerprint density at radius 2 is 1.10 bits per heavy atom. The zero-order chi connectivity index (χ0) is 33.8. The average Bonchev–Trinajstić information content (AvgIpc) is 3.69. The van der Waals surface area contributed by atoms with Gasteiger partial charge in [0.15, 0.2) is 11.4 Å². The Hall–Kier alpha value is -7.39. The van der Waals surface area contributed by atoms with E-state index in [1.54, 1.807) is 0 Å². The third-order valence-corrected chi connectivity index (χ3v) is 9.57. The van der Waals surface area contributed by atoms with Crippen molar-refractivity contribution in [2.45, 2.75) is 0 Å². The van der Waals surface area contributed by atoms with E-state index in [4.69, 9.17) is 13.1 Å². The predicted octanol–water partition coefficient (Wildman–Crippen LogP) is 12.2. The number of aromatic nitrogens is 2. The van der Waals surface area contributed by atoms with E-state index in [0.29, 0.717) is 16.9 Å². The first-order valence-corrected chi connectivity index (χ1v) is 16.2. The molecule has 0 aliphatic carbocycles. The fraction of sp³-hybridized carbons (Fsp3) is 0. The second-order valence-corrected chi connectivity index (χ2v) is 12.3. The summed E-state index contributed by atoms with van der Waals surface area (Å²) in [6.45, 7) is 15.4. The number of rotatable bonds is 4. The lowest BCUT2D eigenvalue weighted by atomic mass is 9.97. The molecular formula is C45H25N5. The second-order valence-electron chi connectivity index (χ2n) is 12.3. The van der Waals surface area contributed by atoms with Gasteiger partial charge in [0.1, 0.15) is 0 Å². The van der Waals surface area contributed by atoms with Crippen LogP contribution in [0.4, 0.5) is 11.4 Å². The van der Waals surface area contributed by atoms with Crippen LogP contribution in [0, 0.1) is 24.5 Å². The quantitative estimate of drug-likeness (QED) is 0.177. The summed E-state index contributed by atoms with van der Waals surface area (Å²) in [7, 11) is 0. The SMILES string of the molecule is [C-]#[N+]c1ccc(-c2cccc(-c3ccc(-n4c5ccc(C#N)cc5c5ccc([N+]#[C-])cc54)cc3)c2)c(-n2c3ccccc3c3ccccc32)c1. The standard InChI is InChI=1S/C45H25N5/c1-47-33-17-21-36(44(26-33)50-41-12-5-3-10-37(41)38-11-4-6-13-42(38)50)32-9-7-8-31(25-32)30-15-19-35(20-16-30)49-43-23-14-29(28-46)24-40(43)39-22-18-34(48-2)27-45(39)49/h3-27H. The van der Waals surface area contributed by atoms with Crippen LogP contribution < -0.4 is 0 Å². The maximum Gasteiger partial charge on any atom is 0.189 e. The fourth-order valence-electron chi connectivity index (χ4n) is 7.30. The summed E-state index contributed by atoms with van der Waals surface area (Å²) in [6, 6.07) is 53.6. The monoisotopic (exact) mass is 635 g/mol. The van der Waals surface area contributed by atoms with E-state index >= 15 is 0 Å². The van der Waals surface area contributed by atoms with Crippen LogP contribution in [-0.2, 0) is 0 Å². The lowest BCUT2D eigenvalue weighted by Crippen LogP contribution is -1.97. The van der Waals surface area contributed by atoms with Crippen molar-refractivity contribution >= 4 is 55.0 Å². The minimum absolute atomic E-state index is 0.570. The number of nitrogens with zero attached hydrogens (tertiary/aromatic N) is 5. The molecule has 230 valence electrons. The largest absolute Gasteiger partial charge is 0.311 e. The Morgan fingerprint density at radius 3 is 1.82 bits per heavy atom. The summed E-state index contributed by atoms with van der Waals surface area (Å²) in [6.07, 6.45) is 0. The minimum atomic E-state index is 0.570. The zero-order valence-corrected chi connectivity index (χ0v) is 26.7. The Morgan fingerprint density at radius 1 is 0.460 bits per heavy atom. The molecule has 5 nitrogen and oxygen atoms in total. The van der Waals surface area contributed by atoms with E-state index in [9.17, 15) is 5.26 Å². The summed E-state index contributed by atoms with van der Waals surface area (Å²) in [4.78, 5) is 7.47. The third-order valence-electron chi connectivity index (χ3n) is 9.57. The third kappa shape index (κ3) is 4.45. The number of nitriles is 1. The molecule has 0 saturated carbocycles. The Bertz CT molecular complexity index is 2900. The highest BCUT2D eigenvalue weighted by molar-refractivity contribution is 6.11. The van der Waals surface area contributed by atoms with E-state index < -0.39 is 0 Å². The Balaban J connectivity index is 1.17. The van der Waals surface area contributed by atoms with Crippen molar-refractivity contribution in [1.29, 1.82) is 5.26 Å². The number of hydrogen-bond acceptors (Lipinski definition) is 1. The topological polar surface area (TPSA) is 42.4 Å². The van der Waals surface area contributed by atoms with Gasteiger partial charge < -0.3 is 9.13 Å². The molecule has 0 N–H and O–H groups in total. The molecule has 0 unspecified atom stereocenters. The van der Waals surface area contributed by atoms with Crippen molar-refractivity contribution in [3.63, 3.8) is 0 Å². The smallest absolute Gasteiger partial charge is 0.189 e. The van der Waals surface area contributed by atoms with Crippen molar-refractivity contribution in [1.82, 2.24) is 9.13 Å². The lowest BCUT2D eigenvalue weighted by Gasteiger charge is -2.16. The Kier molecular flexibility index (Phi) is 6.56. The van der Waals surface area contributed by atoms with E-state index in [2.05, 4.69) is 128 Å². The molecule has 2 aromatic heterocycles. The van der Waals surface area contributed by atoms with Gasteiger partial charge in [0.2, 0.25) is 0 Å². The van der Waals surface area contributed by atoms with Crippen LogP contribution in [0.2, 0.25) is 0 Å². The zero-order valence-electron chi connectivity index (χ0n) is 26.7. The van der Waals surface area contributed by atoms with Crippen LogP contribution in [0.5, 0.6) is 0 Å². The molecule has 0 saturated heterocycles. The van der Waals surface area contributed by atoms with Gasteiger partial charge in [0.25, 0.3) is 0 Å². The normalized spacial score (nSPS) is 11.1. The van der Waals surface area contributed by atoms with E-state index in [1.807, 2.05) is 48.5 Å². The molecule has 0 fully saturated rings. The second kappa shape index (κ2) is 11.4. The van der Waals surface area contributed by atoms with Crippen molar-refractivity contribution < 1.29 is 0 Å². The fourth-order valence-corrected chi connectivity index (χ4v) is 7.30.